The highest BCUT2D eigenvalue weighted by Gasteiger charge is 2.00. The van der Waals surface area contributed by atoms with Crippen LogP contribution in [0.3, 0.4) is 0 Å². The second kappa shape index (κ2) is 2.55. The molecule has 0 N–H and O–H groups in total. The molecule has 1 aliphatic rings. The van der Waals surface area contributed by atoms with Crippen molar-refractivity contribution in [3.05, 3.63) is 24.5 Å². The molecule has 0 fully saturated rings. The van der Waals surface area contributed by atoms with Crippen molar-refractivity contribution >= 4 is 0 Å². The van der Waals surface area contributed by atoms with E-state index >= 15 is 0 Å². The maximum absolute atomic E-state index is 5.18. The van der Waals surface area contributed by atoms with E-state index in [0.29, 0.717) is 0 Å². The van der Waals surface area contributed by atoms with Gasteiger partial charge in [-0.2, -0.15) is 0 Å². The molecule has 0 saturated carbocycles. The van der Waals surface area contributed by atoms with E-state index < -0.39 is 0 Å². The van der Waals surface area contributed by atoms with Crippen LogP contribution in [0.4, 0.5) is 0 Å². The van der Waals surface area contributed by atoms with E-state index in [1.807, 2.05) is 6.08 Å². The van der Waals surface area contributed by atoms with Crippen LogP contribution in [0.15, 0.2) is 24.5 Å². The molecule has 1 heterocycles. The van der Waals surface area contributed by atoms with Crippen molar-refractivity contribution < 1.29 is 4.74 Å². The van der Waals surface area contributed by atoms with E-state index in [1.54, 1.807) is 0 Å². The van der Waals surface area contributed by atoms with Crippen molar-refractivity contribution in [3.63, 3.8) is 0 Å². The summed E-state index contributed by atoms with van der Waals surface area (Å²) in [6, 6.07) is 0. The Labute approximate surface area is 49.7 Å². The highest BCUT2D eigenvalue weighted by Crippen LogP contribution is 2.12. The molecule has 0 aliphatic carbocycles. The third-order valence-electron chi connectivity index (χ3n) is 1.12. The first-order valence-electron chi connectivity index (χ1n) is 2.86. The number of hydrogen-bond acceptors (Lipinski definition) is 1. The van der Waals surface area contributed by atoms with Gasteiger partial charge in [-0.3, -0.25) is 0 Å². The van der Waals surface area contributed by atoms with Crippen molar-refractivity contribution in [1.29, 1.82) is 0 Å². The lowest BCUT2D eigenvalue weighted by molar-refractivity contribution is 0.240. The van der Waals surface area contributed by atoms with E-state index in [0.717, 1.165) is 25.2 Å². The molecule has 0 aromatic heterocycles. The van der Waals surface area contributed by atoms with Crippen LogP contribution < -0.4 is 0 Å². The average molecular weight is 110 g/mol. The van der Waals surface area contributed by atoms with Crippen molar-refractivity contribution in [1.82, 2.24) is 0 Å². The predicted octanol–water partition coefficient (Wildman–Crippen LogP) is 1.87. The van der Waals surface area contributed by atoms with Crippen LogP contribution in [0, 0.1) is 0 Å². The zero-order valence-corrected chi connectivity index (χ0v) is 4.89. The van der Waals surface area contributed by atoms with Gasteiger partial charge >= 0.3 is 0 Å². The Kier molecular flexibility index (Phi) is 1.73. The average Bonchev–Trinajstić information content (AvgIpc) is 2.19. The quantitative estimate of drug-likeness (QED) is 0.493. The lowest BCUT2D eigenvalue weighted by atomic mass is 10.3. The number of hydrogen-bond donors (Lipinski definition) is 0. The Bertz CT molecular complexity index is 114. The van der Waals surface area contributed by atoms with E-state index in [-0.39, 0.29) is 0 Å². The van der Waals surface area contributed by atoms with E-state index in [1.165, 1.54) is 0 Å². The lowest BCUT2D eigenvalue weighted by Crippen LogP contribution is -1.81. The van der Waals surface area contributed by atoms with Crippen LogP contribution in [-0.4, -0.2) is 6.61 Å². The summed E-state index contributed by atoms with van der Waals surface area (Å²) >= 11 is 0. The predicted molar refractivity (Wildman–Crippen MR) is 33.5 cm³/mol. The molecule has 0 saturated heterocycles. The summed E-state index contributed by atoms with van der Waals surface area (Å²) in [5.41, 5.74) is 0. The molecule has 0 atom stereocenters. The van der Waals surface area contributed by atoms with Gasteiger partial charge < -0.3 is 4.74 Å². The van der Waals surface area contributed by atoms with Gasteiger partial charge in [0, 0.05) is 12.8 Å². The van der Waals surface area contributed by atoms with Crippen LogP contribution in [-0.2, 0) is 4.74 Å². The normalized spacial score (nSPS) is 17.2. The molecule has 0 radical (unpaired) electrons. The molecule has 0 bridgehead atoms. The maximum atomic E-state index is 5.18. The number of rotatable bonds is 2. The third-order valence-corrected chi connectivity index (χ3v) is 1.12. The second-order valence-corrected chi connectivity index (χ2v) is 1.80. The molecule has 0 aromatic carbocycles. The summed E-state index contributed by atoms with van der Waals surface area (Å²) in [6.45, 7) is 4.47. The van der Waals surface area contributed by atoms with Crippen LogP contribution >= 0.6 is 0 Å². The molecule has 44 valence electrons. The van der Waals surface area contributed by atoms with Crippen molar-refractivity contribution in [2.75, 3.05) is 6.61 Å². The summed E-state index contributed by atoms with van der Waals surface area (Å²) < 4.78 is 5.18. The molecule has 0 amide bonds. The maximum Gasteiger partial charge on any atom is 0.0958 e. The standard InChI is InChI=1S/C7H10O/c1-2-4-7-5-3-6-8-7/h2,5H,1,3-4,6H2. The number of ether oxygens (including phenoxy) is 1. The zero-order valence-electron chi connectivity index (χ0n) is 4.89. The van der Waals surface area contributed by atoms with Crippen LogP contribution in [0.25, 0.3) is 0 Å². The Morgan fingerprint density at radius 3 is 3.25 bits per heavy atom. The van der Waals surface area contributed by atoms with Gasteiger partial charge in [-0.1, -0.05) is 6.08 Å². The molecule has 1 nitrogen and oxygen atoms in total. The number of allylic oxidation sites excluding steroid dienone is 1. The second-order valence-electron chi connectivity index (χ2n) is 1.80. The highest BCUT2D eigenvalue weighted by atomic mass is 16.5. The summed E-state index contributed by atoms with van der Waals surface area (Å²) in [7, 11) is 0. The third kappa shape index (κ3) is 1.12. The first-order chi connectivity index (χ1) is 3.93. The molecule has 8 heavy (non-hydrogen) atoms. The van der Waals surface area contributed by atoms with Gasteiger partial charge in [0.15, 0.2) is 0 Å². The Morgan fingerprint density at radius 2 is 2.75 bits per heavy atom. The fourth-order valence-electron chi connectivity index (χ4n) is 0.753. The van der Waals surface area contributed by atoms with Gasteiger partial charge in [-0.15, -0.1) is 6.58 Å². The molecule has 1 rings (SSSR count). The molecule has 0 unspecified atom stereocenters. The largest absolute Gasteiger partial charge is 0.498 e. The minimum Gasteiger partial charge on any atom is -0.498 e. The topological polar surface area (TPSA) is 9.23 Å². The van der Waals surface area contributed by atoms with Crippen LogP contribution in [0.5, 0.6) is 0 Å². The van der Waals surface area contributed by atoms with Gasteiger partial charge in [-0.05, 0) is 6.08 Å². The van der Waals surface area contributed by atoms with Gasteiger partial charge in [0.2, 0.25) is 0 Å². The van der Waals surface area contributed by atoms with Gasteiger partial charge in [-0.25, -0.2) is 0 Å². The zero-order chi connectivity index (χ0) is 5.82. The summed E-state index contributed by atoms with van der Waals surface area (Å²) in [6.07, 6.45) is 5.93. The van der Waals surface area contributed by atoms with Crippen LogP contribution in [0.2, 0.25) is 0 Å². The molecule has 0 aromatic rings. The van der Waals surface area contributed by atoms with Crippen molar-refractivity contribution in [3.8, 4) is 0 Å². The highest BCUT2D eigenvalue weighted by molar-refractivity contribution is 5.01. The monoisotopic (exact) mass is 110 g/mol. The Hall–Kier alpha value is -0.720. The van der Waals surface area contributed by atoms with Gasteiger partial charge in [0.1, 0.15) is 0 Å². The van der Waals surface area contributed by atoms with Gasteiger partial charge in [0.25, 0.3) is 0 Å². The fourth-order valence-corrected chi connectivity index (χ4v) is 0.753. The van der Waals surface area contributed by atoms with Crippen molar-refractivity contribution in [2.45, 2.75) is 12.8 Å². The van der Waals surface area contributed by atoms with E-state index in [9.17, 15) is 0 Å². The lowest BCUT2D eigenvalue weighted by Gasteiger charge is -1.96. The molecule has 1 aliphatic heterocycles. The Morgan fingerprint density at radius 1 is 1.88 bits per heavy atom. The van der Waals surface area contributed by atoms with Crippen LogP contribution in [0.1, 0.15) is 12.8 Å². The van der Waals surface area contributed by atoms with E-state index in [4.69, 9.17) is 4.74 Å². The van der Waals surface area contributed by atoms with Gasteiger partial charge in [0.05, 0.1) is 12.4 Å². The molecule has 0 spiro atoms. The first-order valence-corrected chi connectivity index (χ1v) is 2.86. The fraction of sp³-hybridized carbons (Fsp3) is 0.429. The van der Waals surface area contributed by atoms with Crippen molar-refractivity contribution in [2.24, 2.45) is 0 Å². The first kappa shape index (κ1) is 5.42. The summed E-state index contributed by atoms with van der Waals surface area (Å²) in [5, 5.41) is 0. The Balaban J connectivity index is 2.33. The molecular formula is C7H10O. The molecule has 1 heteroatoms. The minimum atomic E-state index is 0.864. The summed E-state index contributed by atoms with van der Waals surface area (Å²) in [4.78, 5) is 0. The smallest absolute Gasteiger partial charge is 0.0958 e. The minimum absolute atomic E-state index is 0.864. The van der Waals surface area contributed by atoms with E-state index in [2.05, 4.69) is 12.7 Å². The summed E-state index contributed by atoms with van der Waals surface area (Å²) in [5.74, 6) is 1.08. The molecular weight excluding hydrogens is 100 g/mol. The SMILES string of the molecule is C=CCC1=CCCO1.